The van der Waals surface area contributed by atoms with Gasteiger partial charge in [-0.2, -0.15) is 13.2 Å². The molecule has 1 heterocycles. The molecule has 0 radical (unpaired) electrons. The maximum atomic E-state index is 13.0. The molecule has 31 heavy (non-hydrogen) atoms. The minimum Gasteiger partial charge on any atom is -0.386 e. The van der Waals surface area contributed by atoms with Crippen LogP contribution in [-0.2, 0) is 25.5 Å². The Morgan fingerprint density at radius 1 is 1.16 bits per heavy atom. The zero-order valence-electron chi connectivity index (χ0n) is 17.0. The van der Waals surface area contributed by atoms with E-state index in [1.165, 1.54) is 11.9 Å². The molecule has 2 rings (SSSR count). The number of carbonyl (C=O) groups is 4. The Morgan fingerprint density at radius 2 is 1.87 bits per heavy atom. The maximum Gasteiger partial charge on any atom is 0.491 e. The first-order valence-electron chi connectivity index (χ1n) is 9.75. The fourth-order valence-corrected chi connectivity index (χ4v) is 3.12. The number of carbonyl (C=O) groups excluding carboxylic acids is 4. The van der Waals surface area contributed by atoms with E-state index in [1.807, 2.05) is 6.07 Å². The molecule has 1 aromatic rings. The van der Waals surface area contributed by atoms with Crippen LogP contribution in [0.2, 0.25) is 0 Å². The lowest BCUT2D eigenvalue weighted by Gasteiger charge is -2.19. The first-order valence-corrected chi connectivity index (χ1v) is 9.75. The number of rotatable bonds is 8. The highest BCUT2D eigenvalue weighted by molar-refractivity contribution is 6.09. The predicted octanol–water partition coefficient (Wildman–Crippen LogP) is 1.80. The van der Waals surface area contributed by atoms with E-state index in [2.05, 4.69) is 4.74 Å². The van der Waals surface area contributed by atoms with Crippen molar-refractivity contribution in [1.82, 2.24) is 4.90 Å². The number of nitrogens with zero attached hydrogens (tertiary/aromatic N) is 2. The van der Waals surface area contributed by atoms with Crippen molar-refractivity contribution >= 4 is 29.4 Å². The molecular weight excluding hydrogens is 419 g/mol. The maximum absolute atomic E-state index is 13.0. The van der Waals surface area contributed by atoms with Gasteiger partial charge < -0.3 is 20.3 Å². The third-order valence-corrected chi connectivity index (χ3v) is 4.83. The third kappa shape index (κ3) is 6.51. The summed E-state index contributed by atoms with van der Waals surface area (Å²) in [5.74, 6) is -5.02. The molecule has 1 aliphatic heterocycles. The van der Waals surface area contributed by atoms with Crippen LogP contribution in [0.5, 0.6) is 0 Å². The van der Waals surface area contributed by atoms with Gasteiger partial charge in [-0.1, -0.05) is 12.5 Å². The van der Waals surface area contributed by atoms with Crippen molar-refractivity contribution in [3.63, 3.8) is 0 Å². The molecule has 0 aliphatic carbocycles. The molecule has 0 saturated carbocycles. The van der Waals surface area contributed by atoms with E-state index in [0.29, 0.717) is 18.7 Å². The van der Waals surface area contributed by atoms with E-state index in [0.717, 1.165) is 29.7 Å². The van der Waals surface area contributed by atoms with Gasteiger partial charge in [-0.25, -0.2) is 4.79 Å². The highest BCUT2D eigenvalue weighted by Gasteiger charge is 2.42. The van der Waals surface area contributed by atoms with E-state index in [1.54, 1.807) is 12.1 Å². The average molecular weight is 443 g/mol. The van der Waals surface area contributed by atoms with Crippen molar-refractivity contribution in [1.29, 1.82) is 0 Å². The summed E-state index contributed by atoms with van der Waals surface area (Å²) in [5.41, 5.74) is 7.03. The van der Waals surface area contributed by atoms with Crippen LogP contribution in [-0.4, -0.2) is 61.5 Å². The molecule has 1 aliphatic rings. The number of hydrogen-bond donors (Lipinski definition) is 1. The monoisotopic (exact) mass is 443 g/mol. The van der Waals surface area contributed by atoms with Gasteiger partial charge in [0.05, 0.1) is 17.7 Å². The average Bonchev–Trinajstić information content (AvgIpc) is 2.79. The molecule has 1 aromatic carbocycles. The summed E-state index contributed by atoms with van der Waals surface area (Å²) in [7, 11) is 1.51. The summed E-state index contributed by atoms with van der Waals surface area (Å²) in [4.78, 5) is 50.1. The summed E-state index contributed by atoms with van der Waals surface area (Å²) in [5, 5.41) is 0. The number of nitrogens with two attached hydrogens (primary N) is 1. The number of likely N-dealkylation sites (N-methyl/N-ethyl adjacent to an activating group) is 1. The van der Waals surface area contributed by atoms with Crippen molar-refractivity contribution in [2.75, 3.05) is 31.6 Å². The molecular formula is C20H24F3N3O5. The molecule has 170 valence electrons. The number of benzene rings is 1. The van der Waals surface area contributed by atoms with E-state index >= 15 is 0 Å². The van der Waals surface area contributed by atoms with Gasteiger partial charge in [0.25, 0.3) is 5.91 Å². The summed E-state index contributed by atoms with van der Waals surface area (Å²) in [6, 6.07) is 5.17. The van der Waals surface area contributed by atoms with Gasteiger partial charge in [0.1, 0.15) is 6.54 Å². The molecule has 8 nitrogen and oxygen atoms in total. The standard InChI is InChI=1S/C20H24F3N3O5/c1-25-15-7-6-13(5-3-2-4-9-24)11-14(15)18(29)26(12-16(25)27)10-8-17(28)31-19(30)20(21,22)23/h6-7,11H,2-5,8-10,12,24H2,1H3. The van der Waals surface area contributed by atoms with Gasteiger partial charge in [0, 0.05) is 13.6 Å². The van der Waals surface area contributed by atoms with Crippen molar-refractivity contribution in [2.45, 2.75) is 38.3 Å². The second kappa shape index (κ2) is 10.4. The number of unbranched alkanes of at least 4 members (excludes halogenated alkanes) is 2. The molecule has 0 fully saturated rings. The molecule has 0 spiro atoms. The number of anilines is 1. The van der Waals surface area contributed by atoms with Crippen LogP contribution < -0.4 is 10.6 Å². The van der Waals surface area contributed by atoms with Crippen LogP contribution in [0, 0.1) is 0 Å². The molecule has 0 aromatic heterocycles. The largest absolute Gasteiger partial charge is 0.491 e. The van der Waals surface area contributed by atoms with Crippen LogP contribution in [0.3, 0.4) is 0 Å². The van der Waals surface area contributed by atoms with Crippen LogP contribution in [0.15, 0.2) is 18.2 Å². The quantitative estimate of drug-likeness (QED) is 0.373. The van der Waals surface area contributed by atoms with Gasteiger partial charge in [0.2, 0.25) is 5.91 Å². The van der Waals surface area contributed by atoms with Crippen LogP contribution >= 0.6 is 0 Å². The fraction of sp³-hybridized carbons (Fsp3) is 0.500. The number of esters is 2. The number of hydrogen-bond acceptors (Lipinski definition) is 6. The first-order chi connectivity index (χ1) is 14.5. The zero-order chi connectivity index (χ0) is 23.2. The topological polar surface area (TPSA) is 110 Å². The zero-order valence-corrected chi connectivity index (χ0v) is 17.0. The Kier molecular flexibility index (Phi) is 8.14. The summed E-state index contributed by atoms with van der Waals surface area (Å²) in [6.07, 6.45) is -2.55. The summed E-state index contributed by atoms with van der Waals surface area (Å²) < 4.78 is 40.3. The van der Waals surface area contributed by atoms with Gasteiger partial charge in [-0.15, -0.1) is 0 Å². The van der Waals surface area contributed by atoms with Crippen molar-refractivity contribution in [3.8, 4) is 0 Å². The molecule has 2 amide bonds. The number of halogens is 3. The lowest BCUT2D eigenvalue weighted by Crippen LogP contribution is -2.39. The van der Waals surface area contributed by atoms with Crippen LogP contribution in [0.25, 0.3) is 0 Å². The van der Waals surface area contributed by atoms with Crippen molar-refractivity contribution in [2.24, 2.45) is 5.73 Å². The number of amides is 2. The lowest BCUT2D eigenvalue weighted by atomic mass is 10.0. The number of alkyl halides is 3. The van der Waals surface area contributed by atoms with E-state index in [9.17, 15) is 32.3 Å². The number of aryl methyl sites for hydroxylation is 1. The van der Waals surface area contributed by atoms with E-state index in [-0.39, 0.29) is 18.7 Å². The smallest absolute Gasteiger partial charge is 0.386 e. The van der Waals surface area contributed by atoms with Gasteiger partial charge >= 0.3 is 18.1 Å². The summed E-state index contributed by atoms with van der Waals surface area (Å²) >= 11 is 0. The highest BCUT2D eigenvalue weighted by Crippen LogP contribution is 2.27. The predicted molar refractivity (Wildman–Crippen MR) is 104 cm³/mol. The Labute approximate surface area is 177 Å². The Morgan fingerprint density at radius 3 is 2.52 bits per heavy atom. The number of ether oxygens (including phenoxy) is 1. The Bertz CT molecular complexity index is 857. The van der Waals surface area contributed by atoms with Crippen molar-refractivity contribution < 1.29 is 37.1 Å². The second-order valence-corrected chi connectivity index (χ2v) is 7.14. The van der Waals surface area contributed by atoms with Gasteiger partial charge in [0.15, 0.2) is 0 Å². The molecule has 0 unspecified atom stereocenters. The van der Waals surface area contributed by atoms with Crippen molar-refractivity contribution in [3.05, 3.63) is 29.3 Å². The van der Waals surface area contributed by atoms with Crippen LogP contribution in [0.1, 0.15) is 41.6 Å². The third-order valence-electron chi connectivity index (χ3n) is 4.83. The first kappa shape index (κ1) is 24.3. The molecule has 2 N–H and O–H groups in total. The molecule has 0 saturated heterocycles. The van der Waals surface area contributed by atoms with E-state index < -0.39 is 36.4 Å². The molecule has 11 heteroatoms. The highest BCUT2D eigenvalue weighted by atomic mass is 19.4. The van der Waals surface area contributed by atoms with Gasteiger partial charge in [-0.05, 0) is 43.5 Å². The second-order valence-electron chi connectivity index (χ2n) is 7.14. The van der Waals surface area contributed by atoms with Gasteiger partial charge in [-0.3, -0.25) is 14.4 Å². The fourth-order valence-electron chi connectivity index (χ4n) is 3.12. The minimum absolute atomic E-state index is 0.254. The molecule has 0 bridgehead atoms. The SMILES string of the molecule is CN1C(=O)CN(CCC(=O)OC(=O)C(F)(F)F)C(=O)c2cc(CCCCCN)ccc21. The van der Waals surface area contributed by atoms with E-state index in [4.69, 9.17) is 5.73 Å². The Hall–Kier alpha value is -2.95. The summed E-state index contributed by atoms with van der Waals surface area (Å²) in [6.45, 7) is -0.138. The lowest BCUT2D eigenvalue weighted by molar-refractivity contribution is -0.201. The van der Waals surface area contributed by atoms with Crippen LogP contribution in [0.4, 0.5) is 18.9 Å². The molecule has 0 atom stereocenters. The number of fused-ring (bicyclic) bond motifs is 1. The Balaban J connectivity index is 2.12. The minimum atomic E-state index is -5.30. The normalized spacial score (nSPS) is 14.4.